The predicted molar refractivity (Wildman–Crippen MR) is 119 cm³/mol. The second-order valence-corrected chi connectivity index (χ2v) is 8.05. The maximum Gasteiger partial charge on any atom is 0.251 e. The molecule has 2 aromatic rings. The van der Waals surface area contributed by atoms with Gasteiger partial charge >= 0.3 is 0 Å². The van der Waals surface area contributed by atoms with Gasteiger partial charge < -0.3 is 9.47 Å². The van der Waals surface area contributed by atoms with Gasteiger partial charge in [-0.3, -0.25) is 19.4 Å². The number of carbonyl (C=O) groups is 2. The number of benzene rings is 2. The van der Waals surface area contributed by atoms with Gasteiger partial charge in [0.1, 0.15) is 18.1 Å². The standard InChI is InChI=1S/C23H26ClN3O4/c1-30-21-8-7-17(15-19(21)24)27-22(28)16-20(23(27)29)26-11-9-25(10-12-26)13-14-31-18-5-3-2-4-6-18/h2-8,15,20H,9-14,16H2,1H3. The second kappa shape index (κ2) is 9.68. The van der Waals surface area contributed by atoms with Gasteiger partial charge in [0.05, 0.1) is 30.3 Å². The summed E-state index contributed by atoms with van der Waals surface area (Å²) in [6, 6.07) is 14.3. The van der Waals surface area contributed by atoms with Gasteiger partial charge in [-0.2, -0.15) is 0 Å². The summed E-state index contributed by atoms with van der Waals surface area (Å²) in [5, 5.41) is 0.371. The van der Waals surface area contributed by atoms with Crippen LogP contribution in [0.25, 0.3) is 0 Å². The van der Waals surface area contributed by atoms with Gasteiger partial charge in [0, 0.05) is 32.7 Å². The molecule has 8 heteroatoms. The van der Waals surface area contributed by atoms with Crippen LogP contribution in [0.3, 0.4) is 0 Å². The Kier molecular flexibility index (Phi) is 6.75. The number of anilines is 1. The molecule has 0 spiro atoms. The molecule has 2 aliphatic heterocycles. The number of para-hydroxylation sites is 1. The van der Waals surface area contributed by atoms with E-state index in [1.54, 1.807) is 18.2 Å². The number of ether oxygens (including phenoxy) is 2. The third-order valence-corrected chi connectivity index (χ3v) is 6.08. The number of nitrogens with zero attached hydrogens (tertiary/aromatic N) is 3. The zero-order valence-electron chi connectivity index (χ0n) is 17.5. The quantitative estimate of drug-likeness (QED) is 0.613. The Bertz CT molecular complexity index is 932. The Labute approximate surface area is 187 Å². The van der Waals surface area contributed by atoms with Crippen LogP contribution < -0.4 is 14.4 Å². The lowest BCUT2D eigenvalue weighted by atomic mass is 10.1. The highest BCUT2D eigenvalue weighted by Gasteiger charge is 2.43. The third-order valence-electron chi connectivity index (χ3n) is 5.78. The molecule has 4 rings (SSSR count). The molecule has 7 nitrogen and oxygen atoms in total. The minimum absolute atomic E-state index is 0.188. The summed E-state index contributed by atoms with van der Waals surface area (Å²) in [5.41, 5.74) is 0.486. The lowest BCUT2D eigenvalue weighted by Crippen LogP contribution is -2.53. The molecular weight excluding hydrogens is 418 g/mol. The summed E-state index contributed by atoms with van der Waals surface area (Å²) < 4.78 is 10.9. The molecule has 2 amide bonds. The average Bonchev–Trinajstić information content (AvgIpc) is 3.09. The van der Waals surface area contributed by atoms with Crippen molar-refractivity contribution in [2.45, 2.75) is 12.5 Å². The number of halogens is 1. The molecule has 164 valence electrons. The van der Waals surface area contributed by atoms with E-state index in [9.17, 15) is 9.59 Å². The van der Waals surface area contributed by atoms with E-state index >= 15 is 0 Å². The third kappa shape index (κ3) is 4.84. The molecule has 2 aliphatic rings. The maximum absolute atomic E-state index is 13.0. The van der Waals surface area contributed by atoms with Crippen molar-refractivity contribution in [2.75, 3.05) is 51.3 Å². The van der Waals surface area contributed by atoms with Gasteiger partial charge in [-0.1, -0.05) is 29.8 Å². The minimum Gasteiger partial charge on any atom is -0.495 e. The Hall–Kier alpha value is -2.61. The molecule has 0 N–H and O–H groups in total. The van der Waals surface area contributed by atoms with Gasteiger partial charge in [-0.25, -0.2) is 4.90 Å². The van der Waals surface area contributed by atoms with Crippen molar-refractivity contribution in [1.82, 2.24) is 9.80 Å². The van der Waals surface area contributed by atoms with E-state index in [2.05, 4.69) is 9.80 Å². The highest BCUT2D eigenvalue weighted by atomic mass is 35.5. The molecular formula is C23H26ClN3O4. The number of hydrogen-bond donors (Lipinski definition) is 0. The van der Waals surface area contributed by atoms with E-state index in [0.29, 0.717) is 23.1 Å². The van der Waals surface area contributed by atoms with E-state index in [0.717, 1.165) is 38.5 Å². The largest absolute Gasteiger partial charge is 0.495 e. The van der Waals surface area contributed by atoms with E-state index < -0.39 is 6.04 Å². The van der Waals surface area contributed by atoms with Gasteiger partial charge in [-0.05, 0) is 30.3 Å². The normalized spacial score (nSPS) is 20.3. The van der Waals surface area contributed by atoms with Gasteiger partial charge in [0.15, 0.2) is 0 Å². The van der Waals surface area contributed by atoms with E-state index in [1.165, 1.54) is 12.0 Å². The van der Waals surface area contributed by atoms with Crippen LogP contribution in [0.2, 0.25) is 5.02 Å². The molecule has 0 aromatic heterocycles. The molecule has 2 aromatic carbocycles. The Balaban J connectivity index is 1.30. The molecule has 1 atom stereocenters. The molecule has 2 heterocycles. The second-order valence-electron chi connectivity index (χ2n) is 7.65. The fourth-order valence-corrected chi connectivity index (χ4v) is 4.33. The molecule has 0 bridgehead atoms. The van der Waals surface area contributed by atoms with Gasteiger partial charge in [0.25, 0.3) is 5.91 Å². The van der Waals surface area contributed by atoms with Crippen LogP contribution in [-0.4, -0.2) is 74.1 Å². The van der Waals surface area contributed by atoms with E-state index in [4.69, 9.17) is 21.1 Å². The van der Waals surface area contributed by atoms with Crippen LogP contribution >= 0.6 is 11.6 Å². The molecule has 0 aliphatic carbocycles. The summed E-state index contributed by atoms with van der Waals surface area (Å²) in [6.07, 6.45) is 0.194. The van der Waals surface area contributed by atoms with Crippen LogP contribution in [-0.2, 0) is 9.59 Å². The summed E-state index contributed by atoms with van der Waals surface area (Å²) in [7, 11) is 1.52. The summed E-state index contributed by atoms with van der Waals surface area (Å²) in [5.74, 6) is 0.991. The topological polar surface area (TPSA) is 62.3 Å². The summed E-state index contributed by atoms with van der Waals surface area (Å²) in [4.78, 5) is 31.3. The summed E-state index contributed by atoms with van der Waals surface area (Å²) >= 11 is 6.18. The first-order valence-corrected chi connectivity index (χ1v) is 10.8. The van der Waals surface area contributed by atoms with Crippen molar-refractivity contribution in [1.29, 1.82) is 0 Å². The van der Waals surface area contributed by atoms with E-state index in [-0.39, 0.29) is 18.2 Å². The lowest BCUT2D eigenvalue weighted by Gasteiger charge is -2.36. The first kappa shape index (κ1) is 21.6. The molecule has 0 saturated carbocycles. The van der Waals surface area contributed by atoms with Crippen molar-refractivity contribution >= 4 is 29.1 Å². The Morgan fingerprint density at radius 2 is 1.77 bits per heavy atom. The zero-order chi connectivity index (χ0) is 21.8. The zero-order valence-corrected chi connectivity index (χ0v) is 18.3. The number of methoxy groups -OCH3 is 1. The fourth-order valence-electron chi connectivity index (χ4n) is 4.07. The molecule has 1 unspecified atom stereocenters. The van der Waals surface area contributed by atoms with Crippen molar-refractivity contribution in [3.05, 3.63) is 53.6 Å². The first-order valence-electron chi connectivity index (χ1n) is 10.4. The van der Waals surface area contributed by atoms with Crippen LogP contribution in [0.4, 0.5) is 5.69 Å². The minimum atomic E-state index is -0.420. The van der Waals surface area contributed by atoms with Gasteiger partial charge in [-0.15, -0.1) is 0 Å². The Morgan fingerprint density at radius 3 is 2.45 bits per heavy atom. The van der Waals surface area contributed by atoms with Crippen LogP contribution in [0.1, 0.15) is 6.42 Å². The van der Waals surface area contributed by atoms with Crippen molar-refractivity contribution in [2.24, 2.45) is 0 Å². The predicted octanol–water partition coefficient (Wildman–Crippen LogP) is 2.68. The average molecular weight is 444 g/mol. The van der Waals surface area contributed by atoms with E-state index in [1.807, 2.05) is 30.3 Å². The number of imide groups is 1. The van der Waals surface area contributed by atoms with Crippen LogP contribution in [0, 0.1) is 0 Å². The van der Waals surface area contributed by atoms with Crippen molar-refractivity contribution in [3.8, 4) is 11.5 Å². The lowest BCUT2D eigenvalue weighted by molar-refractivity contribution is -0.123. The van der Waals surface area contributed by atoms with Crippen molar-refractivity contribution in [3.63, 3.8) is 0 Å². The maximum atomic E-state index is 13.0. The monoisotopic (exact) mass is 443 g/mol. The molecule has 2 saturated heterocycles. The fraction of sp³-hybridized carbons (Fsp3) is 0.391. The summed E-state index contributed by atoms with van der Waals surface area (Å²) in [6.45, 7) is 4.61. The number of carbonyl (C=O) groups excluding carboxylic acids is 2. The van der Waals surface area contributed by atoms with Crippen molar-refractivity contribution < 1.29 is 19.1 Å². The van der Waals surface area contributed by atoms with Crippen LogP contribution in [0.15, 0.2) is 48.5 Å². The Morgan fingerprint density at radius 1 is 1.03 bits per heavy atom. The number of piperazine rings is 1. The molecule has 0 radical (unpaired) electrons. The number of hydrogen-bond acceptors (Lipinski definition) is 6. The number of amides is 2. The number of rotatable bonds is 7. The molecule has 2 fully saturated rings. The highest BCUT2D eigenvalue weighted by molar-refractivity contribution is 6.33. The smallest absolute Gasteiger partial charge is 0.251 e. The highest BCUT2D eigenvalue weighted by Crippen LogP contribution is 2.32. The van der Waals surface area contributed by atoms with Crippen LogP contribution in [0.5, 0.6) is 11.5 Å². The SMILES string of the molecule is COc1ccc(N2C(=O)CC(N3CCN(CCOc4ccccc4)CC3)C2=O)cc1Cl. The first-order chi connectivity index (χ1) is 15.1. The molecule has 31 heavy (non-hydrogen) atoms. The van der Waals surface area contributed by atoms with Gasteiger partial charge in [0.2, 0.25) is 5.91 Å².